The van der Waals surface area contributed by atoms with Crippen LogP contribution >= 0.6 is 0 Å². The highest BCUT2D eigenvalue weighted by atomic mass is 16.5. The lowest BCUT2D eigenvalue weighted by Crippen LogP contribution is -2.23. The van der Waals surface area contributed by atoms with E-state index in [0.29, 0.717) is 16.9 Å². The molecule has 338 valence electrons. The summed E-state index contributed by atoms with van der Waals surface area (Å²) >= 11 is 0. The zero-order valence-electron chi connectivity index (χ0n) is 36.9. The number of carbonyl (C=O) groups is 8. The fourth-order valence-corrected chi connectivity index (χ4v) is 6.37. The highest BCUT2D eigenvalue weighted by Gasteiger charge is 2.24. The van der Waals surface area contributed by atoms with Gasteiger partial charge in [0.2, 0.25) is 0 Å². The molecule has 0 fully saturated rings. The number of rotatable bonds is 17. The van der Waals surface area contributed by atoms with Gasteiger partial charge in [-0.15, -0.1) is 0 Å². The molecule has 0 spiro atoms. The summed E-state index contributed by atoms with van der Waals surface area (Å²) in [5, 5.41) is 12.5. The Balaban J connectivity index is 1.20. The van der Waals surface area contributed by atoms with E-state index in [-0.39, 0.29) is 62.1 Å². The predicted molar refractivity (Wildman–Crippen MR) is 252 cm³/mol. The summed E-state index contributed by atoms with van der Waals surface area (Å²) in [4.78, 5) is 104. The topological polar surface area (TPSA) is 212 Å². The van der Waals surface area contributed by atoms with Gasteiger partial charge in [-0.25, -0.2) is 9.59 Å². The number of amides is 4. The van der Waals surface area contributed by atoms with Gasteiger partial charge in [0.25, 0.3) is 23.6 Å². The normalized spacial score (nSPS) is 10.5. The number of aryl methyl sites for hydroxylation is 1. The Bertz CT molecular complexity index is 3040. The van der Waals surface area contributed by atoms with Gasteiger partial charge in [-0.3, -0.25) is 28.8 Å². The summed E-state index contributed by atoms with van der Waals surface area (Å²) in [7, 11) is 1.35. The minimum absolute atomic E-state index is 0.0108. The Morgan fingerprint density at radius 1 is 0.478 bits per heavy atom. The summed E-state index contributed by atoms with van der Waals surface area (Å²) in [5.74, 6) is -5.15. The largest absolute Gasteiger partial charge is 0.457 e. The Morgan fingerprint density at radius 2 is 0.925 bits per heavy atom. The van der Waals surface area contributed by atoms with Gasteiger partial charge in [0.1, 0.15) is 11.5 Å². The van der Waals surface area contributed by atoms with Crippen LogP contribution in [-0.2, 0) is 19.1 Å². The quantitative estimate of drug-likeness (QED) is 0.0502. The van der Waals surface area contributed by atoms with Gasteiger partial charge in [0.05, 0.1) is 22.3 Å². The first-order valence-electron chi connectivity index (χ1n) is 20.5. The fourth-order valence-electron chi connectivity index (χ4n) is 6.37. The Hall–Kier alpha value is -8.98. The molecule has 0 saturated carbocycles. The average molecular weight is 901 g/mol. The monoisotopic (exact) mass is 900 g/mol. The molecule has 4 N–H and O–H groups in total. The number of carbonyl (C=O) groups excluding carboxylic acids is 8. The molecule has 6 aromatic carbocycles. The second-order valence-corrected chi connectivity index (χ2v) is 15.2. The summed E-state index contributed by atoms with van der Waals surface area (Å²) in [6.45, 7) is 10.7. The van der Waals surface area contributed by atoms with Crippen LogP contribution in [-0.4, -0.2) is 67.4 Å². The van der Waals surface area contributed by atoms with Crippen molar-refractivity contribution in [3.05, 3.63) is 185 Å². The smallest absolute Gasteiger partial charge is 0.339 e. The molecular formula is C52H44N4O11. The molecule has 4 amide bonds. The molecule has 0 heterocycles. The highest BCUT2D eigenvalue weighted by Crippen LogP contribution is 2.29. The number of Topliss-reactive ketones (excluding diaryl/α,β-unsaturated/α-hetero) is 2. The highest BCUT2D eigenvalue weighted by molar-refractivity contribution is 6.13. The fraction of sp³-hybridized carbons (Fsp3) is 0.115. The van der Waals surface area contributed by atoms with Gasteiger partial charge in [0.15, 0.2) is 24.8 Å². The number of anilines is 3. The Labute approximate surface area is 384 Å². The van der Waals surface area contributed by atoms with E-state index in [4.69, 9.17) is 14.2 Å². The van der Waals surface area contributed by atoms with E-state index < -0.39 is 54.4 Å². The van der Waals surface area contributed by atoms with E-state index in [0.717, 1.165) is 16.3 Å². The van der Waals surface area contributed by atoms with E-state index in [9.17, 15) is 38.4 Å². The van der Waals surface area contributed by atoms with Crippen molar-refractivity contribution in [2.75, 3.05) is 36.2 Å². The third-order valence-corrected chi connectivity index (χ3v) is 10.0. The van der Waals surface area contributed by atoms with Crippen LogP contribution in [0.1, 0.15) is 81.6 Å². The molecule has 6 aromatic rings. The van der Waals surface area contributed by atoms with Crippen molar-refractivity contribution in [1.82, 2.24) is 5.32 Å². The first-order valence-corrected chi connectivity index (χ1v) is 20.5. The number of ether oxygens (including phenoxy) is 3. The molecule has 0 unspecified atom stereocenters. The van der Waals surface area contributed by atoms with Crippen LogP contribution in [0.25, 0.3) is 10.8 Å². The van der Waals surface area contributed by atoms with E-state index in [1.165, 1.54) is 69.4 Å². The van der Waals surface area contributed by atoms with Crippen LogP contribution in [0.15, 0.2) is 146 Å². The van der Waals surface area contributed by atoms with Gasteiger partial charge in [-0.1, -0.05) is 49.1 Å². The maximum absolute atomic E-state index is 14.0. The predicted octanol–water partition coefficient (Wildman–Crippen LogP) is 8.66. The molecule has 15 nitrogen and oxygen atoms in total. The van der Waals surface area contributed by atoms with Crippen molar-refractivity contribution < 1.29 is 52.6 Å². The van der Waals surface area contributed by atoms with Crippen molar-refractivity contribution in [2.24, 2.45) is 0 Å². The van der Waals surface area contributed by atoms with Crippen molar-refractivity contribution in [1.29, 1.82) is 0 Å². The Kier molecular flexibility index (Phi) is 15.0. The summed E-state index contributed by atoms with van der Waals surface area (Å²) in [5.41, 5.74) is 2.52. The van der Waals surface area contributed by atoms with Crippen LogP contribution in [0.4, 0.5) is 17.1 Å². The first-order chi connectivity index (χ1) is 32.0. The first kappa shape index (κ1) is 47.5. The second-order valence-electron chi connectivity index (χ2n) is 15.2. The van der Waals surface area contributed by atoms with Crippen molar-refractivity contribution in [3.63, 3.8) is 0 Å². The maximum atomic E-state index is 14.0. The number of hydrogen-bond donors (Lipinski definition) is 4. The third kappa shape index (κ3) is 12.2. The van der Waals surface area contributed by atoms with Crippen LogP contribution in [0.5, 0.6) is 11.5 Å². The minimum Gasteiger partial charge on any atom is -0.457 e. The van der Waals surface area contributed by atoms with Crippen LogP contribution in [0.3, 0.4) is 0 Å². The van der Waals surface area contributed by atoms with Gasteiger partial charge >= 0.3 is 11.9 Å². The molecule has 0 aliphatic carbocycles. The maximum Gasteiger partial charge on any atom is 0.339 e. The average Bonchev–Trinajstić information content (AvgIpc) is 3.31. The second kappa shape index (κ2) is 21.1. The van der Waals surface area contributed by atoms with E-state index in [2.05, 4.69) is 34.4 Å². The number of hydrogen-bond acceptors (Lipinski definition) is 11. The molecule has 6 rings (SSSR count). The number of benzene rings is 6. The van der Waals surface area contributed by atoms with Gasteiger partial charge < -0.3 is 35.5 Å². The van der Waals surface area contributed by atoms with E-state index >= 15 is 0 Å². The van der Waals surface area contributed by atoms with Crippen LogP contribution < -0.4 is 26.0 Å². The van der Waals surface area contributed by atoms with Crippen LogP contribution in [0, 0.1) is 6.92 Å². The Morgan fingerprint density at radius 3 is 1.40 bits per heavy atom. The van der Waals surface area contributed by atoms with Crippen molar-refractivity contribution >= 4 is 75.0 Å². The lowest BCUT2D eigenvalue weighted by atomic mass is 10.0. The zero-order valence-corrected chi connectivity index (χ0v) is 36.9. The lowest BCUT2D eigenvalue weighted by Gasteiger charge is -2.14. The third-order valence-electron chi connectivity index (χ3n) is 10.0. The van der Waals surface area contributed by atoms with Crippen molar-refractivity contribution in [3.8, 4) is 11.5 Å². The molecule has 0 aromatic heterocycles. The van der Waals surface area contributed by atoms with Crippen LogP contribution in [0.2, 0.25) is 0 Å². The number of nitrogens with one attached hydrogen (secondary N) is 4. The number of ketones is 2. The lowest BCUT2D eigenvalue weighted by molar-refractivity contribution is -0.119. The number of esters is 2. The molecule has 0 bridgehead atoms. The van der Waals surface area contributed by atoms with E-state index in [1.54, 1.807) is 42.5 Å². The van der Waals surface area contributed by atoms with Crippen molar-refractivity contribution in [2.45, 2.75) is 20.8 Å². The zero-order chi connectivity index (χ0) is 48.4. The summed E-state index contributed by atoms with van der Waals surface area (Å²) in [6.07, 6.45) is 0. The molecule has 15 heteroatoms. The van der Waals surface area contributed by atoms with Gasteiger partial charge in [-0.05, 0) is 134 Å². The van der Waals surface area contributed by atoms with Gasteiger partial charge in [-0.2, -0.15) is 0 Å². The standard InChI is InChI=1S/C52H44N4O11/c1-29(2)45(57)27-65-51(63)41-19-17-39(25-43(41)49(61)53-6)67-40-18-20-42(52(64)66-28-46(58)30(3)4)44(26-40)50(62)56-36-12-8-11-35(24-36)48(60)55-38-16-14-32-22-37(15-13-33(32)23-38)54-47(59)34-10-7-9-31(5)21-34/h7-26H,1,3,27-28H2,2,4-6H3,(H,53,61)(H,54,59)(H,55,60)(H,56,62). The molecule has 0 aliphatic heterocycles. The van der Waals surface area contributed by atoms with E-state index in [1.807, 2.05) is 37.3 Å². The molecule has 0 aliphatic rings. The SMILES string of the molecule is C=C(C)C(=O)COC(=O)c1ccc(Oc2ccc(C(=O)OCC(=O)C(=C)C)c(C(=O)Nc3cccc(C(=O)Nc4ccc5cc(NC(=O)c6cccc(C)c6)ccc5c4)c3)c2)cc1C(=O)NC. The molecule has 67 heavy (non-hydrogen) atoms. The minimum atomic E-state index is -1.01. The summed E-state index contributed by atoms with van der Waals surface area (Å²) < 4.78 is 16.3. The molecule has 0 saturated heterocycles. The molecule has 0 atom stereocenters. The summed E-state index contributed by atoms with van der Waals surface area (Å²) in [6, 6.07) is 31.8. The number of fused-ring (bicyclic) bond motifs is 1. The molecule has 0 radical (unpaired) electrons. The van der Waals surface area contributed by atoms with Gasteiger partial charge in [0, 0.05) is 35.2 Å². The molecular weight excluding hydrogens is 857 g/mol.